The summed E-state index contributed by atoms with van der Waals surface area (Å²) in [5, 5.41) is 24.5. The molecule has 24 nitrogen and oxygen atoms in total. The van der Waals surface area contributed by atoms with Crippen LogP contribution < -0.4 is 21.3 Å². The number of carbonyl (C=O) groups is 10. The zero-order valence-corrected chi connectivity index (χ0v) is 53.1. The first-order valence-corrected chi connectivity index (χ1v) is 30.6. The lowest BCUT2D eigenvalue weighted by molar-refractivity contribution is -0.150. The fourth-order valence-corrected chi connectivity index (χ4v) is 11.5. The third-order valence-corrected chi connectivity index (χ3v) is 17.1. The van der Waals surface area contributed by atoms with E-state index in [4.69, 9.17) is 21.1 Å². The van der Waals surface area contributed by atoms with Gasteiger partial charge in [0.1, 0.15) is 60.2 Å². The maximum absolute atomic E-state index is 15.3. The van der Waals surface area contributed by atoms with E-state index in [-0.39, 0.29) is 64.8 Å². The summed E-state index contributed by atoms with van der Waals surface area (Å²) >= 11 is 7.51. The zero-order valence-electron chi connectivity index (χ0n) is 51.6. The van der Waals surface area contributed by atoms with Gasteiger partial charge < -0.3 is 65.2 Å². The Morgan fingerprint density at radius 3 is 1.78 bits per heavy atom. The van der Waals surface area contributed by atoms with E-state index in [9.17, 15) is 47.9 Å². The maximum Gasteiger partial charge on any atom is 0.246 e. The molecule has 10 amide bonds. The summed E-state index contributed by atoms with van der Waals surface area (Å²) in [6.45, 7) is 3.18. The molecule has 3 aromatic carbocycles. The number of thiazole rings is 1. The molecule has 10 atom stereocenters. The Hall–Kier alpha value is -7.91. The number of aromatic nitrogens is 1. The lowest BCUT2D eigenvalue weighted by atomic mass is 9.99. The molecule has 482 valence electrons. The molecule has 5 N–H and O–H groups in total. The largest absolute Gasteiger partial charge is 0.391 e. The van der Waals surface area contributed by atoms with E-state index in [0.29, 0.717) is 33.8 Å². The van der Waals surface area contributed by atoms with Crippen molar-refractivity contribution in [3.05, 3.63) is 123 Å². The first-order valence-electron chi connectivity index (χ1n) is 29.3. The fraction of sp³-hybridized carbons (Fsp3) is 0.500. The molecule has 27 heteroatoms. The van der Waals surface area contributed by atoms with Crippen molar-refractivity contribution in [3.8, 4) is 0 Å². The summed E-state index contributed by atoms with van der Waals surface area (Å²) < 4.78 is 24.9. The summed E-state index contributed by atoms with van der Waals surface area (Å²) in [4.78, 5) is 159. The second-order valence-electron chi connectivity index (χ2n) is 22.4. The van der Waals surface area contributed by atoms with Gasteiger partial charge in [-0.1, -0.05) is 66.2 Å². The van der Waals surface area contributed by atoms with Gasteiger partial charge in [-0.15, -0.1) is 11.3 Å². The summed E-state index contributed by atoms with van der Waals surface area (Å²) in [7, 11) is 8.08. The van der Waals surface area contributed by atoms with E-state index in [2.05, 4.69) is 26.3 Å². The van der Waals surface area contributed by atoms with Gasteiger partial charge in [-0.2, -0.15) is 0 Å². The van der Waals surface area contributed by atoms with Gasteiger partial charge in [0, 0.05) is 98.2 Å². The minimum Gasteiger partial charge on any atom is -0.391 e. The fourth-order valence-electron chi connectivity index (χ4n) is 10.8. The van der Waals surface area contributed by atoms with Gasteiger partial charge in [0.2, 0.25) is 59.1 Å². The minimum atomic E-state index is -1.76. The number of amides is 10. The lowest BCUT2D eigenvalue weighted by Gasteiger charge is -2.37. The molecule has 0 unspecified atom stereocenters. The van der Waals surface area contributed by atoms with Crippen LogP contribution in [-0.2, 0) is 83.1 Å². The van der Waals surface area contributed by atoms with E-state index in [1.165, 1.54) is 102 Å². The second-order valence-corrected chi connectivity index (χ2v) is 23.6. The highest BCUT2D eigenvalue weighted by Gasteiger charge is 2.44. The molecule has 0 spiro atoms. The predicted octanol–water partition coefficient (Wildman–Crippen LogP) is 1.39. The van der Waals surface area contributed by atoms with Gasteiger partial charge in [-0.25, -0.2) is 9.37 Å². The first kappa shape index (κ1) is 70.2. The number of carbonyl (C=O) groups excluding carboxylic acids is 10. The summed E-state index contributed by atoms with van der Waals surface area (Å²) in [5.74, 6) is -8.49. The molecule has 0 bridgehead atoms. The minimum absolute atomic E-state index is 0.0121. The van der Waals surface area contributed by atoms with Crippen molar-refractivity contribution in [2.24, 2.45) is 0 Å². The number of rotatable bonds is 15. The highest BCUT2D eigenvalue weighted by molar-refractivity contribution is 7.07. The molecule has 1 aromatic heterocycles. The van der Waals surface area contributed by atoms with Gasteiger partial charge in [0.25, 0.3) is 0 Å². The molecular formula is C62H81ClFN11O13S. The molecule has 6 rings (SSSR count). The van der Waals surface area contributed by atoms with E-state index in [1.807, 2.05) is 0 Å². The molecule has 2 aliphatic heterocycles. The maximum atomic E-state index is 15.3. The van der Waals surface area contributed by atoms with Gasteiger partial charge in [0.15, 0.2) is 0 Å². The Bertz CT molecular complexity index is 3100. The van der Waals surface area contributed by atoms with Crippen LogP contribution in [0.4, 0.5) is 4.39 Å². The highest BCUT2D eigenvalue weighted by Crippen LogP contribution is 2.24. The highest BCUT2D eigenvalue weighted by atomic mass is 35.5. The number of hydrogen-bond donors (Lipinski definition) is 5. The number of aliphatic hydroxyl groups is 1. The Kier molecular flexibility index (Phi) is 26.1. The number of aliphatic hydroxyl groups excluding tert-OH is 1. The normalized spacial score (nSPS) is 24.5. The topological polar surface area (TPSA) is 290 Å². The van der Waals surface area contributed by atoms with Crippen LogP contribution in [0.15, 0.2) is 89.8 Å². The number of fused-ring (bicyclic) bond motifs is 1. The molecule has 4 aromatic rings. The second kappa shape index (κ2) is 33.1. The molecule has 89 heavy (non-hydrogen) atoms. The molecule has 2 fully saturated rings. The lowest BCUT2D eigenvalue weighted by Crippen LogP contribution is -2.62. The predicted molar refractivity (Wildman–Crippen MR) is 328 cm³/mol. The average Bonchev–Trinajstić information content (AvgIpc) is 3.95. The SMILES string of the molecule is COCC[C@@H]1NC(=O)[C@H]2CCCN2C(=O)[C@H](Cc2ccccc2)N(C)C(=O)[C@H](Cc2ccc(Cl)cc2)NC(=O)[C@H]([C@@H](C)O)N(C)C(=O)[C@H](Cc2ccc(F)cc2)NC(=O)CN(CCOC)C(=O)[C@@H](C)N(C)C(=O)[C@H](Cc2cscn2)NC(=O)[C@H](C)N(C)C1=O. The van der Waals surface area contributed by atoms with Crippen LogP contribution in [-0.4, -0.2) is 234 Å². The van der Waals surface area contributed by atoms with Crippen molar-refractivity contribution < 1.29 is 66.9 Å². The van der Waals surface area contributed by atoms with Crippen LogP contribution in [0.3, 0.4) is 0 Å². The van der Waals surface area contributed by atoms with E-state index < -0.39 is 132 Å². The Balaban J connectivity index is 1.46. The molecule has 0 aliphatic carbocycles. The van der Waals surface area contributed by atoms with Gasteiger partial charge in [0.05, 0.1) is 30.5 Å². The molecule has 0 radical (unpaired) electrons. The number of ether oxygens (including phenoxy) is 2. The average molecular weight is 1270 g/mol. The third-order valence-electron chi connectivity index (χ3n) is 16.2. The van der Waals surface area contributed by atoms with Gasteiger partial charge in [-0.05, 0) is 81.0 Å². The number of halogens is 2. The summed E-state index contributed by atoms with van der Waals surface area (Å²) in [6.07, 6.45) is -1.85. The van der Waals surface area contributed by atoms with Crippen LogP contribution in [0.25, 0.3) is 0 Å². The van der Waals surface area contributed by atoms with Crippen molar-refractivity contribution in [1.29, 1.82) is 0 Å². The smallest absolute Gasteiger partial charge is 0.246 e. The third kappa shape index (κ3) is 18.8. The van der Waals surface area contributed by atoms with Crippen molar-refractivity contribution in [2.45, 2.75) is 126 Å². The summed E-state index contributed by atoms with van der Waals surface area (Å²) in [5.41, 5.74) is 3.48. The molecule has 2 saturated heterocycles. The zero-order chi connectivity index (χ0) is 65.2. The monoisotopic (exact) mass is 1270 g/mol. The molecular weight excluding hydrogens is 1190 g/mol. The molecule has 2 aliphatic rings. The van der Waals surface area contributed by atoms with E-state index in [1.54, 1.807) is 60.0 Å². The van der Waals surface area contributed by atoms with Crippen LogP contribution >= 0.6 is 22.9 Å². The first-order chi connectivity index (χ1) is 42.3. The van der Waals surface area contributed by atoms with E-state index in [0.717, 1.165) is 31.7 Å². The number of nitrogens with zero attached hydrogens (tertiary/aromatic N) is 7. The van der Waals surface area contributed by atoms with Crippen molar-refractivity contribution >= 4 is 82.0 Å². The standard InChI is InChI=1S/C62H81ClFN11O13S/c1-37-54(78)68-49(33-45-35-89-36-65-45)59(83)71(5)38(2)57(81)74(27-29-88-9)34-52(77)66-47(30-42-19-23-44(64)24-20-42)61(85)73(7)53(39(3)76)56(80)69-48(31-41-17-21-43(63)22-18-41)60(84)72(6)51(32-40-14-11-10-12-15-40)62(86)75-26-13-16-50(75)55(79)67-46(25-28-87-8)58(82)70(37)4/h10-12,14-15,17-24,35-39,46-51,53,76H,13,16,25-34H2,1-9H3,(H,66,77)(H,67,79)(H,68,78)(H,69,80)/t37-,38+,39+,46-,47-,48-,49-,50+,51-,53-/m0/s1. The summed E-state index contributed by atoms with van der Waals surface area (Å²) in [6, 6.07) is 7.82. The quantitative estimate of drug-likeness (QED) is 0.113. The Morgan fingerprint density at radius 2 is 1.17 bits per heavy atom. The Morgan fingerprint density at radius 1 is 0.629 bits per heavy atom. The van der Waals surface area contributed by atoms with Crippen LogP contribution in [0.1, 0.15) is 62.4 Å². The number of benzene rings is 3. The van der Waals surface area contributed by atoms with Gasteiger partial charge >= 0.3 is 0 Å². The number of nitrogens with one attached hydrogen (secondary N) is 4. The van der Waals surface area contributed by atoms with Crippen molar-refractivity contribution in [3.63, 3.8) is 0 Å². The molecule has 0 saturated carbocycles. The number of hydrogen-bond acceptors (Lipinski definition) is 15. The van der Waals surface area contributed by atoms with Crippen molar-refractivity contribution in [1.82, 2.24) is 55.7 Å². The van der Waals surface area contributed by atoms with Crippen LogP contribution in [0, 0.1) is 5.82 Å². The Labute approximate surface area is 526 Å². The number of likely N-dealkylation sites (N-methyl/N-ethyl adjacent to an activating group) is 4. The van der Waals surface area contributed by atoms with E-state index >= 15 is 9.59 Å². The van der Waals surface area contributed by atoms with Gasteiger partial charge in [-0.3, -0.25) is 47.9 Å². The van der Waals surface area contributed by atoms with Crippen molar-refractivity contribution in [2.75, 3.05) is 75.3 Å². The van der Waals surface area contributed by atoms with Crippen LogP contribution in [0.2, 0.25) is 5.02 Å². The number of methoxy groups -OCH3 is 2. The molecule has 3 heterocycles. The van der Waals surface area contributed by atoms with Crippen LogP contribution in [0.5, 0.6) is 0 Å².